The average molecular weight is 498 g/mol. The van der Waals surface area contributed by atoms with Gasteiger partial charge in [0.25, 0.3) is 5.91 Å². The van der Waals surface area contributed by atoms with Crippen molar-refractivity contribution in [3.8, 4) is 23.0 Å². The molecule has 178 valence electrons. The Balaban J connectivity index is 2.39. The summed E-state index contributed by atoms with van der Waals surface area (Å²) in [5.41, 5.74) is 0.384. The second-order valence-electron chi connectivity index (χ2n) is 6.47. The fourth-order valence-electron chi connectivity index (χ4n) is 2.80. The van der Waals surface area contributed by atoms with Gasteiger partial charge in [-0.3, -0.25) is 9.59 Å². The Kier molecular flexibility index (Phi) is 9.74. The van der Waals surface area contributed by atoms with Crippen LogP contribution in [0.15, 0.2) is 34.5 Å². The molecule has 0 saturated carbocycles. The maximum Gasteiger partial charge on any atom is 0.258 e. The van der Waals surface area contributed by atoms with Gasteiger partial charge in [0.2, 0.25) is 6.04 Å². The van der Waals surface area contributed by atoms with Crippen LogP contribution < -0.4 is 24.3 Å². The van der Waals surface area contributed by atoms with E-state index in [4.69, 9.17) is 42.1 Å². The van der Waals surface area contributed by atoms with Crippen LogP contribution in [0.4, 0.5) is 11.4 Å². The predicted octanol–water partition coefficient (Wildman–Crippen LogP) is 5.49. The number of nitrogens with zero attached hydrogens (tertiary/aromatic N) is 2. The fraction of sp³-hybridized carbons (Fsp3) is 0.364. The van der Waals surface area contributed by atoms with E-state index in [0.29, 0.717) is 24.7 Å². The summed E-state index contributed by atoms with van der Waals surface area (Å²) in [5.74, 6) is -0.0684. The summed E-state index contributed by atoms with van der Waals surface area (Å²) >= 11 is 12.5. The predicted molar refractivity (Wildman–Crippen MR) is 126 cm³/mol. The molecule has 0 fully saturated rings. The number of anilines is 1. The molecule has 9 nitrogen and oxygen atoms in total. The van der Waals surface area contributed by atoms with Crippen LogP contribution in [0.1, 0.15) is 20.8 Å². The minimum atomic E-state index is -1.46. The number of rotatable bonds is 11. The molecule has 2 aromatic rings. The van der Waals surface area contributed by atoms with Crippen LogP contribution in [-0.4, -0.2) is 45.2 Å². The maximum atomic E-state index is 13.0. The number of nitrogens with one attached hydrogen (secondary N) is 1. The van der Waals surface area contributed by atoms with Crippen LogP contribution >= 0.6 is 23.2 Å². The van der Waals surface area contributed by atoms with Gasteiger partial charge in [-0.25, -0.2) is 0 Å². The van der Waals surface area contributed by atoms with E-state index in [-0.39, 0.29) is 32.9 Å². The molecule has 0 spiro atoms. The van der Waals surface area contributed by atoms with Crippen LogP contribution in [0, 0.1) is 0 Å². The van der Waals surface area contributed by atoms with Crippen molar-refractivity contribution in [2.45, 2.75) is 26.8 Å². The molecule has 0 aliphatic heterocycles. The largest absolute Gasteiger partial charge is 0.495 e. The normalized spacial score (nSPS) is 11.7. The number of ether oxygens (including phenoxy) is 4. The van der Waals surface area contributed by atoms with E-state index in [9.17, 15) is 9.59 Å². The molecule has 1 unspecified atom stereocenters. The lowest BCUT2D eigenvalue weighted by Gasteiger charge is -2.18. The van der Waals surface area contributed by atoms with Crippen molar-refractivity contribution in [1.29, 1.82) is 0 Å². The number of carbonyl (C=O) groups excluding carboxylic acids is 2. The number of halogens is 2. The molecular formula is C22H25Cl2N3O6. The van der Waals surface area contributed by atoms with Crippen molar-refractivity contribution < 1.29 is 28.5 Å². The van der Waals surface area contributed by atoms with Crippen LogP contribution in [0.3, 0.4) is 0 Å². The van der Waals surface area contributed by atoms with E-state index in [1.807, 2.05) is 6.92 Å². The average Bonchev–Trinajstić information content (AvgIpc) is 2.78. The van der Waals surface area contributed by atoms with Crippen LogP contribution in [0.25, 0.3) is 0 Å². The van der Waals surface area contributed by atoms with E-state index < -0.39 is 17.7 Å². The molecule has 0 heterocycles. The van der Waals surface area contributed by atoms with Gasteiger partial charge in [0, 0.05) is 0 Å². The molecule has 0 aliphatic carbocycles. The van der Waals surface area contributed by atoms with Gasteiger partial charge in [0.05, 0.1) is 32.5 Å². The molecule has 11 heteroatoms. The monoisotopic (exact) mass is 497 g/mol. The van der Waals surface area contributed by atoms with E-state index in [0.717, 1.165) is 0 Å². The summed E-state index contributed by atoms with van der Waals surface area (Å²) < 4.78 is 21.6. The lowest BCUT2D eigenvalue weighted by molar-refractivity contribution is -0.126. The van der Waals surface area contributed by atoms with Gasteiger partial charge in [-0.2, -0.15) is 10.2 Å². The first-order valence-corrected chi connectivity index (χ1v) is 10.7. The van der Waals surface area contributed by atoms with Gasteiger partial charge in [0.1, 0.15) is 22.1 Å². The highest BCUT2D eigenvalue weighted by Gasteiger charge is 2.27. The van der Waals surface area contributed by atoms with Crippen molar-refractivity contribution >= 4 is 46.3 Å². The Morgan fingerprint density at radius 2 is 1.64 bits per heavy atom. The number of hydrogen-bond acceptors (Lipinski definition) is 8. The Hall–Kier alpha value is -3.04. The third-order valence-electron chi connectivity index (χ3n) is 4.29. The maximum absolute atomic E-state index is 13.0. The van der Waals surface area contributed by atoms with Crippen LogP contribution in [0.5, 0.6) is 23.0 Å². The summed E-state index contributed by atoms with van der Waals surface area (Å²) in [4.78, 5) is 25.2. The summed E-state index contributed by atoms with van der Waals surface area (Å²) in [6, 6.07) is 4.83. The Morgan fingerprint density at radius 1 is 0.970 bits per heavy atom. The highest BCUT2D eigenvalue weighted by molar-refractivity contribution is 6.34. The number of methoxy groups -OCH3 is 2. The Labute approximate surface area is 202 Å². The van der Waals surface area contributed by atoms with E-state index in [2.05, 4.69) is 15.5 Å². The molecule has 0 aromatic heterocycles. The topological polar surface area (TPSA) is 108 Å². The zero-order valence-electron chi connectivity index (χ0n) is 18.9. The lowest BCUT2D eigenvalue weighted by atomic mass is 10.2. The van der Waals surface area contributed by atoms with Crippen molar-refractivity contribution in [1.82, 2.24) is 0 Å². The molecule has 2 aromatic carbocycles. The minimum Gasteiger partial charge on any atom is -0.495 e. The van der Waals surface area contributed by atoms with Crippen molar-refractivity contribution in [3.63, 3.8) is 0 Å². The molecular weight excluding hydrogens is 473 g/mol. The SMILES string of the molecule is CCOc1ccc(Cl)c(NC(=O)C(N=Nc2ccc(OC)c(Cl)c2OC)C(C)=O)c1OCC. The standard InChI is InChI=1S/C22H25Cl2N3O6/c1-6-32-16-10-8-13(23)19(21(16)33-7-2)25-22(29)18(12(3)28)27-26-14-9-11-15(30-4)17(24)20(14)31-5/h8-11,18H,6-7H2,1-5H3,(H,25,29). The lowest BCUT2D eigenvalue weighted by Crippen LogP contribution is -2.32. The number of amides is 1. The first-order valence-electron chi connectivity index (χ1n) is 9.99. The molecule has 0 aliphatic rings. The smallest absolute Gasteiger partial charge is 0.258 e. The number of hydrogen-bond donors (Lipinski definition) is 1. The Morgan fingerprint density at radius 3 is 2.21 bits per heavy atom. The van der Waals surface area contributed by atoms with Crippen molar-refractivity contribution in [3.05, 3.63) is 34.3 Å². The highest BCUT2D eigenvalue weighted by atomic mass is 35.5. The van der Waals surface area contributed by atoms with Gasteiger partial charge >= 0.3 is 0 Å². The van der Waals surface area contributed by atoms with E-state index in [1.54, 1.807) is 25.1 Å². The molecule has 1 amide bonds. The molecule has 0 saturated heterocycles. The molecule has 1 N–H and O–H groups in total. The molecule has 0 radical (unpaired) electrons. The highest BCUT2D eigenvalue weighted by Crippen LogP contribution is 2.42. The quantitative estimate of drug-likeness (QED) is 0.324. The number of Topliss-reactive ketones (excluding diaryl/α,β-unsaturated/α-hetero) is 1. The summed E-state index contributed by atoms with van der Waals surface area (Å²) in [6.07, 6.45) is 0. The number of azo groups is 1. The molecule has 1 atom stereocenters. The van der Waals surface area contributed by atoms with Gasteiger partial charge < -0.3 is 24.3 Å². The minimum absolute atomic E-state index is 0.168. The van der Waals surface area contributed by atoms with Gasteiger partial charge in [-0.05, 0) is 45.0 Å². The summed E-state index contributed by atoms with van der Waals surface area (Å²) in [7, 11) is 2.86. The van der Waals surface area contributed by atoms with Gasteiger partial charge in [0.15, 0.2) is 23.0 Å². The third-order valence-corrected chi connectivity index (χ3v) is 4.96. The second kappa shape index (κ2) is 12.3. The number of ketones is 1. The van der Waals surface area contributed by atoms with E-state index in [1.165, 1.54) is 27.2 Å². The first-order chi connectivity index (χ1) is 15.8. The number of benzene rings is 2. The van der Waals surface area contributed by atoms with Crippen LogP contribution in [0.2, 0.25) is 10.0 Å². The Bertz CT molecular complexity index is 1050. The van der Waals surface area contributed by atoms with Crippen LogP contribution in [-0.2, 0) is 9.59 Å². The molecule has 2 rings (SSSR count). The van der Waals surface area contributed by atoms with Crippen molar-refractivity contribution in [2.75, 3.05) is 32.8 Å². The van der Waals surface area contributed by atoms with E-state index >= 15 is 0 Å². The number of carbonyl (C=O) groups is 2. The fourth-order valence-corrected chi connectivity index (χ4v) is 3.31. The zero-order valence-corrected chi connectivity index (χ0v) is 20.4. The van der Waals surface area contributed by atoms with Gasteiger partial charge in [-0.1, -0.05) is 23.2 Å². The van der Waals surface area contributed by atoms with Gasteiger partial charge in [-0.15, -0.1) is 0 Å². The zero-order chi connectivity index (χ0) is 24.5. The molecule has 33 heavy (non-hydrogen) atoms. The molecule has 0 bridgehead atoms. The second-order valence-corrected chi connectivity index (χ2v) is 7.25. The summed E-state index contributed by atoms with van der Waals surface area (Å²) in [5, 5.41) is 10.9. The summed E-state index contributed by atoms with van der Waals surface area (Å²) in [6.45, 7) is 5.50. The first kappa shape index (κ1) is 26.2. The van der Waals surface area contributed by atoms with Crippen molar-refractivity contribution in [2.24, 2.45) is 10.2 Å². The third kappa shape index (κ3) is 6.27.